The molecule has 2 aliphatic heterocycles. The van der Waals surface area contributed by atoms with Gasteiger partial charge in [0.1, 0.15) is 0 Å². The fraction of sp³-hybridized carbons (Fsp3) is 0.417. The standard InChI is InChI=1S/C12H11N5O9/c1-5(18)24-11-8(21)16(25-6(2)19)10(23)17(26-7(3)20)12(11,13-4)15-9(22)14-11/h1-3H3,(H2,14,15,22). The van der Waals surface area contributed by atoms with Gasteiger partial charge in [0.2, 0.25) is 0 Å². The minimum absolute atomic E-state index is 0.0342. The Labute approximate surface area is 144 Å². The van der Waals surface area contributed by atoms with Gasteiger partial charge in [-0.2, -0.15) is 0 Å². The molecule has 2 heterocycles. The van der Waals surface area contributed by atoms with Crippen LogP contribution in [0.15, 0.2) is 0 Å². The Bertz CT molecular complexity index is 788. The minimum Gasteiger partial charge on any atom is -0.418 e. The molecule has 0 aromatic heterocycles. The molecule has 0 aliphatic carbocycles. The van der Waals surface area contributed by atoms with Gasteiger partial charge in [0.05, 0.1) is 0 Å². The highest BCUT2D eigenvalue weighted by molar-refractivity contribution is 6.07. The van der Waals surface area contributed by atoms with Crippen molar-refractivity contribution in [2.24, 2.45) is 0 Å². The van der Waals surface area contributed by atoms with Crippen LogP contribution in [0.3, 0.4) is 0 Å². The van der Waals surface area contributed by atoms with E-state index in [4.69, 9.17) is 11.3 Å². The second kappa shape index (κ2) is 5.88. The van der Waals surface area contributed by atoms with E-state index in [1.54, 1.807) is 0 Å². The first-order valence-electron chi connectivity index (χ1n) is 6.75. The Kier molecular flexibility index (Phi) is 4.17. The zero-order valence-corrected chi connectivity index (χ0v) is 13.5. The lowest BCUT2D eigenvalue weighted by atomic mass is 10.0. The molecule has 0 bridgehead atoms. The molecule has 0 aromatic carbocycles. The van der Waals surface area contributed by atoms with E-state index in [-0.39, 0.29) is 10.1 Å². The van der Waals surface area contributed by atoms with Gasteiger partial charge in [0, 0.05) is 20.8 Å². The van der Waals surface area contributed by atoms with Crippen LogP contribution in [-0.2, 0) is 33.6 Å². The molecule has 2 N–H and O–H groups in total. The number of hydrogen-bond acceptors (Lipinski definition) is 9. The second-order valence-electron chi connectivity index (χ2n) is 4.98. The largest absolute Gasteiger partial charge is 0.496 e. The predicted octanol–water partition coefficient (Wildman–Crippen LogP) is -1.65. The van der Waals surface area contributed by atoms with Crippen molar-refractivity contribution < 1.29 is 43.2 Å². The molecule has 138 valence electrons. The number of hydroxylamine groups is 4. The quantitative estimate of drug-likeness (QED) is 0.438. The number of ether oxygens (including phenoxy) is 1. The van der Waals surface area contributed by atoms with Crippen molar-refractivity contribution in [3.8, 4) is 0 Å². The van der Waals surface area contributed by atoms with Gasteiger partial charge in [0.25, 0.3) is 0 Å². The van der Waals surface area contributed by atoms with Gasteiger partial charge in [-0.1, -0.05) is 5.06 Å². The number of imide groups is 1. The Morgan fingerprint density at radius 2 is 1.58 bits per heavy atom. The van der Waals surface area contributed by atoms with E-state index in [0.717, 1.165) is 20.8 Å². The third kappa shape index (κ3) is 2.42. The highest BCUT2D eigenvalue weighted by Crippen LogP contribution is 2.40. The molecule has 2 rings (SSSR count). The van der Waals surface area contributed by atoms with Crippen molar-refractivity contribution in [1.82, 2.24) is 20.8 Å². The maximum Gasteiger partial charge on any atom is 0.496 e. The van der Waals surface area contributed by atoms with E-state index in [0.29, 0.717) is 0 Å². The van der Waals surface area contributed by atoms with Crippen molar-refractivity contribution in [2.45, 2.75) is 32.3 Å². The molecular weight excluding hydrogens is 358 g/mol. The Balaban J connectivity index is 2.74. The van der Waals surface area contributed by atoms with Crippen molar-refractivity contribution >= 4 is 35.9 Å². The number of nitrogens with one attached hydrogen (secondary N) is 2. The molecule has 2 unspecified atom stereocenters. The molecule has 2 atom stereocenters. The molecule has 14 nitrogen and oxygen atoms in total. The van der Waals surface area contributed by atoms with E-state index in [2.05, 4.69) is 14.5 Å². The number of nitrogens with zero attached hydrogens (tertiary/aromatic N) is 3. The number of urea groups is 2. The first kappa shape index (κ1) is 18.4. The number of fused-ring (bicyclic) bond motifs is 1. The molecule has 0 aromatic rings. The molecule has 26 heavy (non-hydrogen) atoms. The summed E-state index contributed by atoms with van der Waals surface area (Å²) in [7, 11) is 0. The van der Waals surface area contributed by atoms with Gasteiger partial charge >= 0.3 is 47.4 Å². The number of hydrogen-bond donors (Lipinski definition) is 2. The lowest BCUT2D eigenvalue weighted by Gasteiger charge is -2.42. The molecule has 2 aliphatic rings. The summed E-state index contributed by atoms with van der Waals surface area (Å²) < 4.78 is 4.84. The molecule has 0 saturated carbocycles. The monoisotopic (exact) mass is 369 g/mol. The van der Waals surface area contributed by atoms with Crippen LogP contribution in [0.25, 0.3) is 4.85 Å². The zero-order valence-electron chi connectivity index (χ0n) is 13.5. The van der Waals surface area contributed by atoms with Crippen LogP contribution in [0.1, 0.15) is 20.8 Å². The van der Waals surface area contributed by atoms with Gasteiger partial charge in [-0.05, 0) is 5.06 Å². The van der Waals surface area contributed by atoms with Gasteiger partial charge in [-0.25, -0.2) is 26.3 Å². The molecule has 5 amide bonds. The Morgan fingerprint density at radius 1 is 1.00 bits per heavy atom. The highest BCUT2D eigenvalue weighted by Gasteiger charge is 2.84. The third-order valence-corrected chi connectivity index (χ3v) is 3.09. The topological polar surface area (TPSA) is 165 Å². The molecule has 14 heteroatoms. The second-order valence-corrected chi connectivity index (χ2v) is 4.98. The maximum atomic E-state index is 12.7. The molecular formula is C12H11N5O9. The fourth-order valence-corrected chi connectivity index (χ4v) is 2.32. The van der Waals surface area contributed by atoms with E-state index >= 15 is 0 Å². The number of amides is 5. The summed E-state index contributed by atoms with van der Waals surface area (Å²) in [5.74, 6) is -7.80. The summed E-state index contributed by atoms with van der Waals surface area (Å²) in [6.45, 7) is 9.90. The predicted molar refractivity (Wildman–Crippen MR) is 73.1 cm³/mol. The van der Waals surface area contributed by atoms with Gasteiger partial charge in [0.15, 0.2) is 0 Å². The fourth-order valence-electron chi connectivity index (χ4n) is 2.32. The van der Waals surface area contributed by atoms with E-state index in [1.165, 1.54) is 0 Å². The number of carbonyl (C=O) groups is 6. The van der Waals surface area contributed by atoms with E-state index in [9.17, 15) is 28.8 Å². The number of carbonyl (C=O) groups excluding carboxylic acids is 6. The van der Waals surface area contributed by atoms with E-state index in [1.807, 2.05) is 10.6 Å². The van der Waals surface area contributed by atoms with Crippen LogP contribution < -0.4 is 10.6 Å². The Hall–Kier alpha value is -3.89. The lowest BCUT2D eigenvalue weighted by molar-refractivity contribution is -0.266. The summed E-state index contributed by atoms with van der Waals surface area (Å²) in [5.41, 5.74) is -2.89. The average Bonchev–Trinajstić information content (AvgIpc) is 2.80. The van der Waals surface area contributed by atoms with Crippen molar-refractivity contribution in [2.75, 3.05) is 0 Å². The third-order valence-electron chi connectivity index (χ3n) is 3.09. The maximum absolute atomic E-state index is 12.7. The van der Waals surface area contributed by atoms with Crippen molar-refractivity contribution in [3.05, 3.63) is 11.4 Å². The number of esters is 1. The molecule has 0 spiro atoms. The molecule has 2 fully saturated rings. The van der Waals surface area contributed by atoms with Crippen LogP contribution >= 0.6 is 0 Å². The number of rotatable bonds is 3. The summed E-state index contributed by atoms with van der Waals surface area (Å²) in [6, 6.07) is -2.80. The Morgan fingerprint density at radius 3 is 2.04 bits per heavy atom. The lowest BCUT2D eigenvalue weighted by Crippen LogP contribution is -2.81. The van der Waals surface area contributed by atoms with Gasteiger partial charge < -0.3 is 14.4 Å². The van der Waals surface area contributed by atoms with Crippen LogP contribution in [-0.4, -0.2) is 57.5 Å². The van der Waals surface area contributed by atoms with Crippen molar-refractivity contribution in [3.63, 3.8) is 0 Å². The minimum atomic E-state index is -2.89. The highest BCUT2D eigenvalue weighted by atomic mass is 16.8. The van der Waals surface area contributed by atoms with Crippen LogP contribution in [0.5, 0.6) is 0 Å². The van der Waals surface area contributed by atoms with Crippen LogP contribution in [0.4, 0.5) is 9.59 Å². The van der Waals surface area contributed by atoms with Gasteiger partial charge in [-0.15, -0.1) is 0 Å². The summed E-state index contributed by atoms with van der Waals surface area (Å²) in [6.07, 6.45) is 0. The summed E-state index contributed by atoms with van der Waals surface area (Å²) >= 11 is 0. The SMILES string of the molecule is [C-]#[N+]C12NC(=O)NC1(OC(C)=O)C(=O)N(OC(C)=O)C(=O)N2OC(C)=O. The summed E-state index contributed by atoms with van der Waals surface area (Å²) in [4.78, 5) is 83.2. The van der Waals surface area contributed by atoms with Crippen molar-refractivity contribution in [1.29, 1.82) is 0 Å². The normalized spacial score (nSPS) is 26.9. The zero-order chi connectivity index (χ0) is 19.9. The molecule has 0 radical (unpaired) electrons. The first-order chi connectivity index (χ1) is 12.0. The van der Waals surface area contributed by atoms with E-state index < -0.39 is 47.4 Å². The van der Waals surface area contributed by atoms with Gasteiger partial charge in [-0.3, -0.25) is 24.5 Å². The average molecular weight is 369 g/mol. The smallest absolute Gasteiger partial charge is 0.418 e. The molecule has 2 saturated heterocycles. The first-order valence-corrected chi connectivity index (χ1v) is 6.75. The summed E-state index contributed by atoms with van der Waals surface area (Å²) in [5, 5.41) is 3.57. The van der Waals surface area contributed by atoms with Crippen LogP contribution in [0.2, 0.25) is 0 Å². The van der Waals surface area contributed by atoms with Crippen LogP contribution in [0, 0.1) is 6.57 Å².